The van der Waals surface area contributed by atoms with Gasteiger partial charge in [-0.3, -0.25) is 10.1 Å². The summed E-state index contributed by atoms with van der Waals surface area (Å²) in [5.74, 6) is -1.15. The number of aromatic carboxylic acids is 1. The fourth-order valence-corrected chi connectivity index (χ4v) is 2.20. The van der Waals surface area contributed by atoms with E-state index in [9.17, 15) is 20.0 Å². The van der Waals surface area contributed by atoms with E-state index < -0.39 is 10.9 Å². The van der Waals surface area contributed by atoms with Crippen molar-refractivity contribution in [3.8, 4) is 0 Å². The largest absolute Gasteiger partial charge is 0.478 e. The van der Waals surface area contributed by atoms with Gasteiger partial charge in [-0.1, -0.05) is 11.6 Å². The monoisotopic (exact) mass is 262 g/mol. The van der Waals surface area contributed by atoms with Crippen molar-refractivity contribution in [2.45, 2.75) is 13.3 Å². The van der Waals surface area contributed by atoms with Gasteiger partial charge in [-0.15, -0.1) is 0 Å². The molecule has 0 aromatic heterocycles. The number of hydrogen-bond donors (Lipinski definition) is 1. The van der Waals surface area contributed by atoms with Crippen LogP contribution in [0.15, 0.2) is 29.8 Å². The van der Waals surface area contributed by atoms with E-state index in [2.05, 4.69) is 6.08 Å². The summed E-state index contributed by atoms with van der Waals surface area (Å²) in [4.78, 5) is 23.3. The smallest absolute Gasteiger partial charge is 0.338 e. The van der Waals surface area contributed by atoms with E-state index in [1.165, 1.54) is 17.7 Å². The molecule has 0 atom stereocenters. The number of carboxylic acid groups (broad SMARTS) is 1. The standard InChI is InChI=1S/C13H14N2O4/c1-9-3-2-6-14(8-9)12-5-4-10(15(18)19)7-11(12)13(16)17/h3-5,7H,2,6,8H2,1H3,(H,16,17). The zero-order valence-corrected chi connectivity index (χ0v) is 10.5. The summed E-state index contributed by atoms with van der Waals surface area (Å²) < 4.78 is 0. The lowest BCUT2D eigenvalue weighted by molar-refractivity contribution is -0.384. The van der Waals surface area contributed by atoms with Crippen LogP contribution in [0.3, 0.4) is 0 Å². The van der Waals surface area contributed by atoms with Crippen molar-refractivity contribution >= 4 is 17.3 Å². The van der Waals surface area contributed by atoms with Crippen LogP contribution in [0.1, 0.15) is 23.7 Å². The van der Waals surface area contributed by atoms with Gasteiger partial charge in [-0.25, -0.2) is 4.79 Å². The number of carbonyl (C=O) groups is 1. The minimum atomic E-state index is -1.15. The molecule has 2 rings (SSSR count). The van der Waals surface area contributed by atoms with Gasteiger partial charge in [0.25, 0.3) is 5.69 Å². The van der Waals surface area contributed by atoms with Crippen LogP contribution in [0.5, 0.6) is 0 Å². The number of benzene rings is 1. The van der Waals surface area contributed by atoms with Crippen molar-refractivity contribution in [1.29, 1.82) is 0 Å². The average molecular weight is 262 g/mol. The molecule has 0 radical (unpaired) electrons. The lowest BCUT2D eigenvalue weighted by Gasteiger charge is -2.29. The van der Waals surface area contributed by atoms with Crippen molar-refractivity contribution in [3.63, 3.8) is 0 Å². The van der Waals surface area contributed by atoms with Crippen molar-refractivity contribution in [2.75, 3.05) is 18.0 Å². The number of non-ortho nitro benzene ring substituents is 1. The molecule has 0 spiro atoms. The van der Waals surface area contributed by atoms with Gasteiger partial charge in [-0.05, 0) is 19.4 Å². The van der Waals surface area contributed by atoms with Crippen molar-refractivity contribution in [3.05, 3.63) is 45.5 Å². The maximum atomic E-state index is 11.3. The van der Waals surface area contributed by atoms with Crippen LogP contribution in [0.4, 0.5) is 11.4 Å². The Morgan fingerprint density at radius 2 is 2.21 bits per heavy atom. The molecule has 0 unspecified atom stereocenters. The third-order valence-electron chi connectivity index (χ3n) is 3.09. The molecule has 19 heavy (non-hydrogen) atoms. The molecule has 0 amide bonds. The van der Waals surface area contributed by atoms with Crippen LogP contribution in [-0.2, 0) is 0 Å². The van der Waals surface area contributed by atoms with E-state index in [1.54, 1.807) is 0 Å². The van der Waals surface area contributed by atoms with E-state index in [1.807, 2.05) is 11.8 Å². The summed E-state index contributed by atoms with van der Waals surface area (Å²) >= 11 is 0. The molecule has 1 aromatic carbocycles. The fraction of sp³-hybridized carbons (Fsp3) is 0.308. The molecule has 1 N–H and O–H groups in total. The highest BCUT2D eigenvalue weighted by Crippen LogP contribution is 2.27. The number of nitro benzene ring substituents is 1. The lowest BCUT2D eigenvalue weighted by atomic mass is 10.1. The fourth-order valence-electron chi connectivity index (χ4n) is 2.20. The molecule has 100 valence electrons. The van der Waals surface area contributed by atoms with E-state index in [-0.39, 0.29) is 11.3 Å². The van der Waals surface area contributed by atoms with E-state index in [0.717, 1.165) is 19.0 Å². The first-order valence-electron chi connectivity index (χ1n) is 5.91. The topological polar surface area (TPSA) is 83.7 Å². The van der Waals surface area contributed by atoms with E-state index in [4.69, 9.17) is 0 Å². The van der Waals surface area contributed by atoms with E-state index >= 15 is 0 Å². The van der Waals surface area contributed by atoms with Gasteiger partial charge in [0, 0.05) is 25.2 Å². The molecule has 1 aliphatic rings. The molecule has 6 nitrogen and oxygen atoms in total. The Hall–Kier alpha value is -2.37. The van der Waals surface area contributed by atoms with Gasteiger partial charge in [0.2, 0.25) is 0 Å². The predicted octanol–water partition coefficient (Wildman–Crippen LogP) is 2.45. The Morgan fingerprint density at radius 3 is 2.79 bits per heavy atom. The SMILES string of the molecule is CC1=CCCN(c2ccc([N+](=O)[O-])cc2C(=O)O)C1. The first-order chi connectivity index (χ1) is 8.99. The second kappa shape index (κ2) is 5.09. The van der Waals surface area contributed by atoms with Gasteiger partial charge in [0.1, 0.15) is 0 Å². The number of nitrogens with zero attached hydrogens (tertiary/aromatic N) is 2. The van der Waals surface area contributed by atoms with Crippen molar-refractivity contribution in [1.82, 2.24) is 0 Å². The predicted molar refractivity (Wildman–Crippen MR) is 70.6 cm³/mol. The van der Waals surface area contributed by atoms with Crippen molar-refractivity contribution in [2.24, 2.45) is 0 Å². The first-order valence-corrected chi connectivity index (χ1v) is 5.91. The van der Waals surface area contributed by atoms with Crippen molar-refractivity contribution < 1.29 is 14.8 Å². The highest BCUT2D eigenvalue weighted by Gasteiger charge is 2.21. The normalized spacial score (nSPS) is 15.0. The van der Waals surface area contributed by atoms with Gasteiger partial charge in [0.15, 0.2) is 0 Å². The number of anilines is 1. The third-order valence-corrected chi connectivity index (χ3v) is 3.09. The zero-order chi connectivity index (χ0) is 14.0. The number of rotatable bonds is 3. The second-order valence-corrected chi connectivity index (χ2v) is 4.52. The Kier molecular flexibility index (Phi) is 3.50. The Bertz CT molecular complexity index is 566. The molecule has 0 fully saturated rings. The van der Waals surface area contributed by atoms with Gasteiger partial charge < -0.3 is 10.0 Å². The lowest BCUT2D eigenvalue weighted by Crippen LogP contribution is -2.30. The summed E-state index contributed by atoms with van der Waals surface area (Å²) in [6.07, 6.45) is 2.96. The minimum absolute atomic E-state index is 0.0242. The van der Waals surface area contributed by atoms with Gasteiger partial charge in [-0.2, -0.15) is 0 Å². The Labute approximate surface area is 110 Å². The summed E-state index contributed by atoms with van der Waals surface area (Å²) in [7, 11) is 0. The molecule has 0 aliphatic carbocycles. The molecule has 0 saturated heterocycles. The molecule has 6 heteroatoms. The number of nitro groups is 1. The Balaban J connectivity index is 2.42. The molecular formula is C13H14N2O4. The Morgan fingerprint density at radius 1 is 1.47 bits per heavy atom. The minimum Gasteiger partial charge on any atom is -0.478 e. The van der Waals surface area contributed by atoms with E-state index in [0.29, 0.717) is 12.2 Å². The number of hydrogen-bond acceptors (Lipinski definition) is 4. The van der Waals surface area contributed by atoms with Crippen LogP contribution < -0.4 is 4.90 Å². The average Bonchev–Trinajstić information content (AvgIpc) is 2.37. The number of carboxylic acids is 1. The first kappa shape index (κ1) is 13.1. The summed E-state index contributed by atoms with van der Waals surface area (Å²) in [5.41, 5.74) is 1.47. The quantitative estimate of drug-likeness (QED) is 0.514. The third kappa shape index (κ3) is 2.73. The van der Waals surface area contributed by atoms with Gasteiger partial charge >= 0.3 is 5.97 Å². The molecule has 1 heterocycles. The molecule has 0 saturated carbocycles. The summed E-state index contributed by atoms with van der Waals surface area (Å²) in [5, 5.41) is 19.9. The van der Waals surface area contributed by atoms with Gasteiger partial charge in [0.05, 0.1) is 16.2 Å². The molecule has 0 bridgehead atoms. The molecular weight excluding hydrogens is 248 g/mol. The summed E-state index contributed by atoms with van der Waals surface area (Å²) in [6.45, 7) is 3.35. The van der Waals surface area contributed by atoms with Crippen LogP contribution >= 0.6 is 0 Å². The molecule has 1 aliphatic heterocycles. The summed E-state index contributed by atoms with van der Waals surface area (Å²) in [6, 6.07) is 3.97. The maximum Gasteiger partial charge on any atom is 0.338 e. The van der Waals surface area contributed by atoms with Crippen LogP contribution in [0.25, 0.3) is 0 Å². The van der Waals surface area contributed by atoms with Crippen LogP contribution in [0.2, 0.25) is 0 Å². The zero-order valence-electron chi connectivity index (χ0n) is 10.5. The highest BCUT2D eigenvalue weighted by atomic mass is 16.6. The van der Waals surface area contributed by atoms with Crippen LogP contribution in [0, 0.1) is 10.1 Å². The maximum absolute atomic E-state index is 11.3. The highest BCUT2D eigenvalue weighted by molar-refractivity contribution is 5.95. The van der Waals surface area contributed by atoms with Crippen LogP contribution in [-0.4, -0.2) is 29.1 Å². The molecule has 1 aromatic rings. The second-order valence-electron chi connectivity index (χ2n) is 4.52.